The third kappa shape index (κ3) is 4.47. The Morgan fingerprint density at radius 3 is 2.63 bits per heavy atom. The Bertz CT molecular complexity index is 996. The van der Waals surface area contributed by atoms with Crippen LogP contribution < -0.4 is 4.90 Å². The summed E-state index contributed by atoms with van der Waals surface area (Å²) in [4.78, 5) is 33.6. The van der Waals surface area contributed by atoms with Crippen molar-refractivity contribution in [1.29, 1.82) is 0 Å². The summed E-state index contributed by atoms with van der Waals surface area (Å²) >= 11 is 7.37. The fourth-order valence-electron chi connectivity index (χ4n) is 3.44. The van der Waals surface area contributed by atoms with Gasteiger partial charge in [0.15, 0.2) is 5.13 Å². The number of ether oxygens (including phenoxy) is 1. The van der Waals surface area contributed by atoms with E-state index in [1.54, 1.807) is 35.4 Å². The van der Waals surface area contributed by atoms with Crippen molar-refractivity contribution in [2.45, 2.75) is 25.5 Å². The summed E-state index contributed by atoms with van der Waals surface area (Å²) in [5.41, 5.74) is 1.56. The third-order valence-electron chi connectivity index (χ3n) is 4.89. The lowest BCUT2D eigenvalue weighted by atomic mass is 10.2. The molecule has 3 aromatic rings. The van der Waals surface area contributed by atoms with Crippen molar-refractivity contribution in [3.05, 3.63) is 76.8 Å². The second kappa shape index (κ2) is 9.28. The Hall–Kier alpha value is -2.90. The zero-order valence-corrected chi connectivity index (χ0v) is 17.7. The standard InChI is InChI=1S/C22H20ClN3O3S/c23-17-8-10-18(11-9-17)26(21-24-12-14-30-21)20(27)19-7-4-13-25(19)22(28)29-15-16-5-2-1-3-6-16/h1-3,5-6,8-12,14,19H,4,7,13,15H2. The van der Waals surface area contributed by atoms with E-state index in [4.69, 9.17) is 16.3 Å². The van der Waals surface area contributed by atoms with Gasteiger partial charge in [0, 0.05) is 23.1 Å². The number of likely N-dealkylation sites (tertiary alicyclic amines) is 1. The summed E-state index contributed by atoms with van der Waals surface area (Å²) < 4.78 is 5.47. The van der Waals surface area contributed by atoms with Gasteiger partial charge in [0.25, 0.3) is 5.91 Å². The van der Waals surface area contributed by atoms with Gasteiger partial charge in [-0.3, -0.25) is 14.6 Å². The van der Waals surface area contributed by atoms with Gasteiger partial charge in [-0.25, -0.2) is 9.78 Å². The highest BCUT2D eigenvalue weighted by Gasteiger charge is 2.39. The van der Waals surface area contributed by atoms with Crippen LogP contribution in [0.5, 0.6) is 0 Å². The molecule has 8 heteroatoms. The van der Waals surface area contributed by atoms with Crippen LogP contribution in [0.15, 0.2) is 66.2 Å². The van der Waals surface area contributed by atoms with E-state index >= 15 is 0 Å². The number of anilines is 2. The van der Waals surface area contributed by atoms with Crippen LogP contribution in [0.25, 0.3) is 0 Å². The smallest absolute Gasteiger partial charge is 0.410 e. The molecule has 1 aromatic heterocycles. The quantitative estimate of drug-likeness (QED) is 0.541. The van der Waals surface area contributed by atoms with Gasteiger partial charge in [0.1, 0.15) is 12.6 Å². The number of carbonyl (C=O) groups excluding carboxylic acids is 2. The Labute approximate surface area is 183 Å². The Morgan fingerprint density at radius 2 is 1.93 bits per heavy atom. The van der Waals surface area contributed by atoms with Crippen LogP contribution in [-0.2, 0) is 16.1 Å². The minimum Gasteiger partial charge on any atom is -0.445 e. The van der Waals surface area contributed by atoms with Gasteiger partial charge in [-0.2, -0.15) is 0 Å². The highest BCUT2D eigenvalue weighted by atomic mass is 35.5. The minimum atomic E-state index is -0.604. The van der Waals surface area contributed by atoms with Crippen molar-refractivity contribution in [2.24, 2.45) is 0 Å². The predicted molar refractivity (Wildman–Crippen MR) is 117 cm³/mol. The number of rotatable bonds is 5. The molecule has 2 heterocycles. The van der Waals surface area contributed by atoms with Crippen LogP contribution in [0, 0.1) is 0 Å². The van der Waals surface area contributed by atoms with Crippen molar-refractivity contribution < 1.29 is 14.3 Å². The van der Waals surface area contributed by atoms with Gasteiger partial charge in [-0.15, -0.1) is 11.3 Å². The molecule has 1 unspecified atom stereocenters. The summed E-state index contributed by atoms with van der Waals surface area (Å²) in [6.07, 6.45) is 2.49. The Balaban J connectivity index is 1.53. The summed E-state index contributed by atoms with van der Waals surface area (Å²) in [6.45, 7) is 0.654. The maximum Gasteiger partial charge on any atom is 0.410 e. The molecular weight excluding hydrogens is 422 g/mol. The Morgan fingerprint density at radius 1 is 1.17 bits per heavy atom. The van der Waals surface area contributed by atoms with Crippen molar-refractivity contribution in [3.8, 4) is 0 Å². The SMILES string of the molecule is O=C(C1CCCN1C(=O)OCc1ccccc1)N(c1ccc(Cl)cc1)c1nccs1. The van der Waals surface area contributed by atoms with E-state index in [0.717, 1.165) is 12.0 Å². The maximum absolute atomic E-state index is 13.5. The van der Waals surface area contributed by atoms with Crippen LogP contribution in [0.2, 0.25) is 5.02 Å². The van der Waals surface area contributed by atoms with Gasteiger partial charge >= 0.3 is 6.09 Å². The first-order valence-electron chi connectivity index (χ1n) is 9.60. The van der Waals surface area contributed by atoms with E-state index in [0.29, 0.717) is 28.8 Å². The number of amides is 2. The van der Waals surface area contributed by atoms with Crippen LogP contribution in [0.3, 0.4) is 0 Å². The van der Waals surface area contributed by atoms with Gasteiger partial charge in [-0.1, -0.05) is 41.9 Å². The summed E-state index contributed by atoms with van der Waals surface area (Å²) in [6, 6.07) is 15.9. The molecule has 4 rings (SSSR count). The lowest BCUT2D eigenvalue weighted by molar-refractivity contribution is -0.121. The van der Waals surface area contributed by atoms with Crippen molar-refractivity contribution in [2.75, 3.05) is 11.4 Å². The highest BCUT2D eigenvalue weighted by molar-refractivity contribution is 7.13. The Kier molecular flexibility index (Phi) is 6.30. The molecule has 2 aromatic carbocycles. The molecule has 1 fully saturated rings. The zero-order chi connectivity index (χ0) is 20.9. The van der Waals surface area contributed by atoms with Crippen molar-refractivity contribution in [1.82, 2.24) is 9.88 Å². The fourth-order valence-corrected chi connectivity index (χ4v) is 4.23. The molecule has 0 spiro atoms. The second-order valence-electron chi connectivity index (χ2n) is 6.86. The topological polar surface area (TPSA) is 62.7 Å². The van der Waals surface area contributed by atoms with E-state index in [2.05, 4.69) is 4.98 Å². The average Bonchev–Trinajstić information content (AvgIpc) is 3.47. The highest BCUT2D eigenvalue weighted by Crippen LogP contribution is 2.32. The number of carbonyl (C=O) groups is 2. The monoisotopic (exact) mass is 441 g/mol. The molecule has 0 bridgehead atoms. The first-order chi connectivity index (χ1) is 14.6. The first kappa shape index (κ1) is 20.4. The molecule has 1 saturated heterocycles. The molecule has 0 aliphatic carbocycles. The third-order valence-corrected chi connectivity index (χ3v) is 5.90. The molecule has 1 aliphatic rings. The summed E-state index contributed by atoms with van der Waals surface area (Å²) in [5, 5.41) is 2.94. The van der Waals surface area contributed by atoms with Crippen molar-refractivity contribution >= 4 is 45.8 Å². The molecule has 0 radical (unpaired) electrons. The largest absolute Gasteiger partial charge is 0.445 e. The van der Waals surface area contributed by atoms with Gasteiger partial charge in [0.2, 0.25) is 0 Å². The normalized spacial score (nSPS) is 15.8. The molecular formula is C22H20ClN3O3S. The van der Waals surface area contributed by atoms with Crippen LogP contribution in [0.4, 0.5) is 15.6 Å². The van der Waals surface area contributed by atoms with Gasteiger partial charge in [0.05, 0.1) is 5.69 Å². The molecule has 6 nitrogen and oxygen atoms in total. The number of hydrogen-bond donors (Lipinski definition) is 0. The predicted octanol–water partition coefficient (Wildman–Crippen LogP) is 5.26. The molecule has 154 valence electrons. The van der Waals surface area contributed by atoms with Crippen LogP contribution in [-0.4, -0.2) is 34.5 Å². The minimum absolute atomic E-state index is 0.171. The van der Waals surface area contributed by atoms with E-state index in [-0.39, 0.29) is 12.5 Å². The number of nitrogens with zero attached hydrogens (tertiary/aromatic N) is 3. The van der Waals surface area contributed by atoms with E-state index in [9.17, 15) is 9.59 Å². The number of hydrogen-bond acceptors (Lipinski definition) is 5. The van der Waals surface area contributed by atoms with Crippen molar-refractivity contribution in [3.63, 3.8) is 0 Å². The number of benzene rings is 2. The van der Waals surface area contributed by atoms with E-state index in [1.165, 1.54) is 16.2 Å². The first-order valence-corrected chi connectivity index (χ1v) is 10.9. The molecule has 0 N–H and O–H groups in total. The molecule has 30 heavy (non-hydrogen) atoms. The average molecular weight is 442 g/mol. The van der Waals surface area contributed by atoms with Gasteiger partial charge < -0.3 is 4.74 Å². The summed E-state index contributed by atoms with van der Waals surface area (Å²) in [5.74, 6) is -0.207. The summed E-state index contributed by atoms with van der Waals surface area (Å²) in [7, 11) is 0. The molecule has 1 atom stereocenters. The molecule has 2 amide bonds. The van der Waals surface area contributed by atoms with Gasteiger partial charge in [-0.05, 0) is 42.7 Å². The molecule has 1 aliphatic heterocycles. The maximum atomic E-state index is 13.5. The second-order valence-corrected chi connectivity index (χ2v) is 8.17. The van der Waals surface area contributed by atoms with E-state index < -0.39 is 12.1 Å². The van der Waals surface area contributed by atoms with Crippen LogP contribution >= 0.6 is 22.9 Å². The lowest BCUT2D eigenvalue weighted by Crippen LogP contribution is -2.46. The zero-order valence-electron chi connectivity index (χ0n) is 16.1. The number of thiazole rings is 1. The number of aromatic nitrogens is 1. The molecule has 0 saturated carbocycles. The van der Waals surface area contributed by atoms with Crippen LogP contribution in [0.1, 0.15) is 18.4 Å². The van der Waals surface area contributed by atoms with E-state index in [1.807, 2.05) is 35.7 Å². The lowest BCUT2D eigenvalue weighted by Gasteiger charge is -2.28. The fraction of sp³-hybridized carbons (Fsp3) is 0.227. The number of halogens is 1.